The van der Waals surface area contributed by atoms with E-state index in [1.807, 2.05) is 0 Å². The molecular weight excluding hydrogens is 416 g/mol. The molecule has 1 unspecified atom stereocenters. The topological polar surface area (TPSA) is 196 Å². The Kier molecular flexibility index (Phi) is 9.05. The van der Waals surface area contributed by atoms with Gasteiger partial charge in [0.25, 0.3) is 0 Å². The Bertz CT molecular complexity index is 536. The van der Waals surface area contributed by atoms with Crippen LogP contribution >= 0.6 is 11.8 Å². The molecule has 7 N–H and O–H groups in total. The van der Waals surface area contributed by atoms with Gasteiger partial charge in [0.05, 0.1) is 18.0 Å². The van der Waals surface area contributed by atoms with Crippen molar-refractivity contribution in [2.45, 2.75) is 73.6 Å². The highest BCUT2D eigenvalue weighted by atomic mass is 32.2. The number of hydrogen-bond donors (Lipinski definition) is 7. The molecule has 29 heavy (non-hydrogen) atoms. The minimum Gasteiger partial charge on any atom is -0.480 e. The average Bonchev–Trinajstić information content (AvgIpc) is 2.70. The maximum absolute atomic E-state index is 10.9. The van der Waals surface area contributed by atoms with E-state index >= 15 is 0 Å². The first-order valence-corrected chi connectivity index (χ1v) is 10.0. The molecule has 2 rings (SSSR count). The van der Waals surface area contributed by atoms with Gasteiger partial charge in [0.2, 0.25) is 0 Å². The van der Waals surface area contributed by atoms with Gasteiger partial charge in [0, 0.05) is 12.9 Å². The van der Waals surface area contributed by atoms with Crippen LogP contribution in [0.2, 0.25) is 0 Å². The van der Waals surface area contributed by atoms with Crippen LogP contribution < -0.4 is 0 Å². The second-order valence-corrected chi connectivity index (χ2v) is 8.25. The number of carboxylic acids is 1. The first-order chi connectivity index (χ1) is 13.6. The van der Waals surface area contributed by atoms with Crippen LogP contribution in [0.3, 0.4) is 0 Å². The quantitative estimate of drug-likeness (QED) is 0.195. The van der Waals surface area contributed by atoms with Crippen molar-refractivity contribution >= 4 is 17.7 Å². The Morgan fingerprint density at radius 2 is 1.55 bits per heavy atom. The first-order valence-electron chi connectivity index (χ1n) is 8.97. The van der Waals surface area contributed by atoms with Crippen LogP contribution in [0.25, 0.3) is 0 Å². The fraction of sp³-hybridized carbons (Fsp3) is 0.938. The molecule has 2 heterocycles. The third-order valence-corrected chi connectivity index (χ3v) is 6.09. The number of aliphatic hydroxyl groups excluding tert-OH is 6. The third-order valence-electron chi connectivity index (χ3n) is 4.87. The highest BCUT2D eigenvalue weighted by Crippen LogP contribution is 2.30. The van der Waals surface area contributed by atoms with Gasteiger partial charge in [-0.05, 0) is 6.92 Å². The van der Waals surface area contributed by atoms with Crippen LogP contribution in [-0.2, 0) is 23.7 Å². The van der Waals surface area contributed by atoms with E-state index in [0.29, 0.717) is 0 Å². The third kappa shape index (κ3) is 5.57. The van der Waals surface area contributed by atoms with Gasteiger partial charge >= 0.3 is 5.97 Å². The summed E-state index contributed by atoms with van der Waals surface area (Å²) in [7, 11) is 1.24. The Balaban J connectivity index is 2.09. The number of aliphatic hydroxyl groups is 6. The zero-order valence-corrected chi connectivity index (χ0v) is 16.7. The molecule has 0 aromatic carbocycles. The second kappa shape index (κ2) is 10.6. The van der Waals surface area contributed by atoms with Gasteiger partial charge < -0.3 is 54.7 Å². The zero-order chi connectivity index (χ0) is 21.9. The summed E-state index contributed by atoms with van der Waals surface area (Å²) >= 11 is 0.952. The summed E-state index contributed by atoms with van der Waals surface area (Å²) in [5.41, 5.74) is 0. The minimum atomic E-state index is -1.72. The van der Waals surface area contributed by atoms with Crippen molar-refractivity contribution in [3.05, 3.63) is 0 Å². The molecule has 12 nitrogen and oxygen atoms in total. The number of carbonyl (C=O) groups is 1. The van der Waals surface area contributed by atoms with E-state index in [9.17, 15) is 35.4 Å². The predicted molar refractivity (Wildman–Crippen MR) is 95.9 cm³/mol. The van der Waals surface area contributed by atoms with Crippen LogP contribution in [0.4, 0.5) is 0 Å². The molecule has 0 spiro atoms. The second-order valence-electron chi connectivity index (χ2n) is 6.87. The lowest BCUT2D eigenvalue weighted by Crippen LogP contribution is -2.64. The van der Waals surface area contributed by atoms with Crippen molar-refractivity contribution in [3.63, 3.8) is 0 Å². The Labute approximate surface area is 171 Å². The molecule has 2 aliphatic heterocycles. The Morgan fingerprint density at radius 1 is 0.966 bits per heavy atom. The standard InChI is InChI=1S/C16H28O12S/c1-5(14(23)24)29-4-7-8(18)9(19)11(21)16(27-7)28-13-6(3-17)26-15(25-2)12(22)10(13)20/h5-13,15-22H,3-4H2,1-2H3,(H,23,24)/t5?,6-,7-,8-,9-,10+,11-,12-,13+,15+,16-/m0/s1. The van der Waals surface area contributed by atoms with Gasteiger partial charge in [-0.1, -0.05) is 0 Å². The average molecular weight is 444 g/mol. The number of aliphatic carboxylic acids is 1. The van der Waals surface area contributed by atoms with Crippen LogP contribution in [0.5, 0.6) is 0 Å². The van der Waals surface area contributed by atoms with E-state index in [1.165, 1.54) is 14.0 Å². The molecule has 13 heteroatoms. The molecule has 2 aliphatic rings. The molecule has 2 fully saturated rings. The molecular formula is C16H28O12S. The van der Waals surface area contributed by atoms with Crippen LogP contribution in [-0.4, -0.2) is 128 Å². The summed E-state index contributed by atoms with van der Waals surface area (Å²) in [6, 6.07) is 0. The molecule has 170 valence electrons. The summed E-state index contributed by atoms with van der Waals surface area (Å²) in [6.45, 7) is 0.828. The van der Waals surface area contributed by atoms with Crippen molar-refractivity contribution in [3.8, 4) is 0 Å². The predicted octanol–water partition coefficient (Wildman–Crippen LogP) is -3.53. The fourth-order valence-electron chi connectivity index (χ4n) is 3.05. The van der Waals surface area contributed by atoms with Gasteiger partial charge in [-0.3, -0.25) is 4.79 Å². The fourth-order valence-corrected chi connectivity index (χ4v) is 3.94. The summed E-state index contributed by atoms with van der Waals surface area (Å²) in [4.78, 5) is 10.9. The van der Waals surface area contributed by atoms with E-state index in [4.69, 9.17) is 24.1 Å². The molecule has 0 saturated carbocycles. The van der Waals surface area contributed by atoms with Crippen LogP contribution in [0, 0.1) is 0 Å². The molecule has 0 amide bonds. The van der Waals surface area contributed by atoms with Crippen molar-refractivity contribution in [2.75, 3.05) is 19.5 Å². The van der Waals surface area contributed by atoms with Crippen molar-refractivity contribution in [2.24, 2.45) is 0 Å². The number of thioether (sulfide) groups is 1. The lowest BCUT2D eigenvalue weighted by molar-refractivity contribution is -0.353. The number of methoxy groups -OCH3 is 1. The van der Waals surface area contributed by atoms with E-state index in [0.717, 1.165) is 11.8 Å². The largest absolute Gasteiger partial charge is 0.480 e. The molecule has 0 aliphatic carbocycles. The molecule has 2 saturated heterocycles. The van der Waals surface area contributed by atoms with E-state index < -0.39 is 79.2 Å². The van der Waals surface area contributed by atoms with Gasteiger partial charge in [-0.15, -0.1) is 11.8 Å². The minimum absolute atomic E-state index is 0.0280. The van der Waals surface area contributed by atoms with Gasteiger partial charge in [-0.2, -0.15) is 0 Å². The summed E-state index contributed by atoms with van der Waals surface area (Å²) in [5.74, 6) is -1.09. The maximum Gasteiger partial charge on any atom is 0.316 e. The van der Waals surface area contributed by atoms with Crippen molar-refractivity contribution in [1.82, 2.24) is 0 Å². The lowest BCUT2D eigenvalue weighted by Gasteiger charge is -2.46. The summed E-state index contributed by atoms with van der Waals surface area (Å²) < 4.78 is 21.2. The van der Waals surface area contributed by atoms with Crippen LogP contribution in [0.15, 0.2) is 0 Å². The monoisotopic (exact) mass is 444 g/mol. The smallest absolute Gasteiger partial charge is 0.316 e. The SMILES string of the molecule is CO[C@@H]1O[C@@H](CO)[C@@H](O[C@@H]2O[C@@H](CSC(C)C(=O)O)[C@H](O)[C@H](O)[C@@H]2O)[C@H](O)[C@@H]1O. The number of carboxylic acid groups (broad SMARTS) is 1. The van der Waals surface area contributed by atoms with Crippen molar-refractivity contribution < 1.29 is 59.5 Å². The van der Waals surface area contributed by atoms with E-state index in [2.05, 4.69) is 0 Å². The first kappa shape index (κ1) is 24.7. The van der Waals surface area contributed by atoms with Crippen LogP contribution in [0.1, 0.15) is 6.92 Å². The van der Waals surface area contributed by atoms with Gasteiger partial charge in [0.15, 0.2) is 12.6 Å². The Morgan fingerprint density at radius 3 is 2.10 bits per heavy atom. The van der Waals surface area contributed by atoms with Crippen molar-refractivity contribution in [1.29, 1.82) is 0 Å². The highest BCUT2D eigenvalue weighted by molar-refractivity contribution is 8.00. The Hall–Kier alpha value is -0.580. The molecule has 0 bridgehead atoms. The highest BCUT2D eigenvalue weighted by Gasteiger charge is 2.50. The molecule has 0 aromatic rings. The number of ether oxygens (including phenoxy) is 4. The number of rotatable bonds is 8. The molecule has 0 radical (unpaired) electrons. The number of hydrogen-bond acceptors (Lipinski definition) is 12. The van der Waals surface area contributed by atoms with E-state index in [-0.39, 0.29) is 5.75 Å². The molecule has 0 aromatic heterocycles. The lowest BCUT2D eigenvalue weighted by atomic mass is 9.97. The molecule has 11 atom stereocenters. The zero-order valence-electron chi connectivity index (χ0n) is 15.8. The maximum atomic E-state index is 10.9. The summed E-state index contributed by atoms with van der Waals surface area (Å²) in [6.07, 6.45) is -14.3. The van der Waals surface area contributed by atoms with Gasteiger partial charge in [0.1, 0.15) is 42.7 Å². The van der Waals surface area contributed by atoms with Gasteiger partial charge in [-0.25, -0.2) is 0 Å². The van der Waals surface area contributed by atoms with E-state index in [1.54, 1.807) is 0 Å². The summed E-state index contributed by atoms with van der Waals surface area (Å²) in [5, 5.41) is 68.5. The normalized spacial score (nSPS) is 44.4.